The zero-order valence-corrected chi connectivity index (χ0v) is 17.2. The average molecular weight is 378 g/mol. The maximum atomic E-state index is 4.43. The van der Waals surface area contributed by atoms with Crippen molar-refractivity contribution in [3.05, 3.63) is 22.4 Å². The second kappa shape index (κ2) is 10.3. The number of likely N-dealkylation sites (N-methyl/N-ethyl adjacent to an activating group) is 1. The summed E-state index contributed by atoms with van der Waals surface area (Å²) in [5, 5.41) is 9.30. The van der Waals surface area contributed by atoms with Crippen molar-refractivity contribution < 1.29 is 0 Å². The fourth-order valence-corrected chi connectivity index (χ4v) is 5.05. The molecule has 146 valence electrons. The van der Waals surface area contributed by atoms with Gasteiger partial charge in [0.05, 0.1) is 0 Å². The summed E-state index contributed by atoms with van der Waals surface area (Å²) in [4.78, 5) is 11.1. The summed E-state index contributed by atoms with van der Waals surface area (Å²) < 4.78 is 0. The van der Waals surface area contributed by atoms with Crippen molar-refractivity contribution in [2.45, 2.75) is 45.2 Å². The Hall–Kier alpha value is -1.11. The van der Waals surface area contributed by atoms with E-state index in [2.05, 4.69) is 49.9 Å². The minimum Gasteiger partial charge on any atom is -0.356 e. The molecule has 1 aromatic rings. The number of thiophene rings is 1. The van der Waals surface area contributed by atoms with E-state index in [4.69, 9.17) is 0 Å². The average Bonchev–Trinajstić information content (AvgIpc) is 3.33. The molecule has 26 heavy (non-hydrogen) atoms. The number of nitrogens with zero attached hydrogens (tertiary/aromatic N) is 3. The van der Waals surface area contributed by atoms with Crippen LogP contribution in [0, 0.1) is 5.92 Å². The van der Waals surface area contributed by atoms with Gasteiger partial charge in [-0.15, -0.1) is 11.3 Å². The molecule has 0 saturated carbocycles. The van der Waals surface area contributed by atoms with Gasteiger partial charge in [0.15, 0.2) is 5.96 Å². The first-order chi connectivity index (χ1) is 12.8. The Morgan fingerprint density at radius 2 is 2.08 bits per heavy atom. The number of likely N-dealkylation sites (tertiary alicyclic amines) is 2. The minimum absolute atomic E-state index is 0.662. The Labute approximate surface area is 162 Å². The van der Waals surface area contributed by atoms with E-state index in [0.29, 0.717) is 12.0 Å². The third-order valence-corrected chi connectivity index (χ3v) is 6.62. The molecule has 2 aliphatic heterocycles. The first kappa shape index (κ1) is 19.6. The van der Waals surface area contributed by atoms with Crippen LogP contribution < -0.4 is 10.6 Å². The zero-order chi connectivity index (χ0) is 18.2. The molecule has 6 heteroatoms. The molecule has 1 aromatic heterocycles. The highest BCUT2D eigenvalue weighted by Gasteiger charge is 2.23. The van der Waals surface area contributed by atoms with E-state index in [1.807, 2.05) is 18.4 Å². The summed E-state index contributed by atoms with van der Waals surface area (Å²) in [5.74, 6) is 1.67. The molecule has 0 radical (unpaired) electrons. The van der Waals surface area contributed by atoms with Crippen LogP contribution in [0.25, 0.3) is 0 Å². The maximum absolute atomic E-state index is 4.43. The van der Waals surface area contributed by atoms with E-state index in [-0.39, 0.29) is 0 Å². The summed E-state index contributed by atoms with van der Waals surface area (Å²) in [7, 11) is 1.88. The molecule has 2 saturated heterocycles. The smallest absolute Gasteiger partial charge is 0.191 e. The van der Waals surface area contributed by atoms with Gasteiger partial charge >= 0.3 is 0 Å². The number of hydrogen-bond acceptors (Lipinski definition) is 4. The monoisotopic (exact) mass is 377 g/mol. The molecule has 5 nitrogen and oxygen atoms in total. The third-order valence-electron chi connectivity index (χ3n) is 5.75. The van der Waals surface area contributed by atoms with Gasteiger partial charge in [0.2, 0.25) is 0 Å². The summed E-state index contributed by atoms with van der Waals surface area (Å²) in [5.41, 5.74) is 0. The number of nitrogens with one attached hydrogen (secondary N) is 2. The van der Waals surface area contributed by atoms with Crippen LogP contribution in [0.1, 0.15) is 37.5 Å². The van der Waals surface area contributed by atoms with Crippen molar-refractivity contribution >= 4 is 17.3 Å². The molecule has 2 fully saturated rings. The first-order valence-corrected chi connectivity index (χ1v) is 11.1. The molecule has 3 heterocycles. The lowest BCUT2D eigenvalue weighted by atomic mass is 9.98. The van der Waals surface area contributed by atoms with Crippen LogP contribution in [0.15, 0.2) is 22.5 Å². The predicted octanol–water partition coefficient (Wildman–Crippen LogP) is 2.61. The van der Waals surface area contributed by atoms with Crippen molar-refractivity contribution in [2.75, 3.05) is 46.3 Å². The summed E-state index contributed by atoms with van der Waals surface area (Å²) in [6.07, 6.45) is 5.25. The largest absolute Gasteiger partial charge is 0.356 e. The van der Waals surface area contributed by atoms with Crippen LogP contribution in [0.3, 0.4) is 0 Å². The quantitative estimate of drug-likeness (QED) is 0.566. The molecular formula is C20H35N5S. The van der Waals surface area contributed by atoms with Crippen LogP contribution in [0.2, 0.25) is 0 Å². The zero-order valence-electron chi connectivity index (χ0n) is 16.4. The van der Waals surface area contributed by atoms with Gasteiger partial charge in [-0.05, 0) is 62.7 Å². The third kappa shape index (κ3) is 5.69. The van der Waals surface area contributed by atoms with Gasteiger partial charge in [-0.2, -0.15) is 0 Å². The van der Waals surface area contributed by atoms with E-state index in [1.165, 1.54) is 50.2 Å². The standard InChI is InChI=1S/C20H35N5S/c1-3-25-11-5-8-18(25)14-23-20(21-2)22-13-17-7-4-10-24(15-17)16-19-9-6-12-26-19/h6,9,12,17-18H,3-5,7-8,10-11,13-16H2,1-2H3,(H2,21,22,23). The molecule has 0 aromatic carbocycles. The van der Waals surface area contributed by atoms with Gasteiger partial charge < -0.3 is 10.6 Å². The van der Waals surface area contributed by atoms with E-state index < -0.39 is 0 Å². The number of guanidine groups is 1. The molecule has 2 atom stereocenters. The van der Waals surface area contributed by atoms with Crippen LogP contribution in [-0.4, -0.2) is 68.1 Å². The van der Waals surface area contributed by atoms with Gasteiger partial charge in [-0.1, -0.05) is 13.0 Å². The Kier molecular flexibility index (Phi) is 7.77. The van der Waals surface area contributed by atoms with Gasteiger partial charge in [0.25, 0.3) is 0 Å². The fraction of sp³-hybridized carbons (Fsp3) is 0.750. The first-order valence-electron chi connectivity index (χ1n) is 10.2. The molecule has 0 spiro atoms. The van der Waals surface area contributed by atoms with Crippen molar-refractivity contribution in [2.24, 2.45) is 10.9 Å². The maximum Gasteiger partial charge on any atom is 0.191 e. The van der Waals surface area contributed by atoms with Gasteiger partial charge in [-0.3, -0.25) is 14.8 Å². The number of rotatable bonds is 7. The summed E-state index contributed by atoms with van der Waals surface area (Å²) in [6.45, 7) is 10.2. The van der Waals surface area contributed by atoms with Crippen molar-refractivity contribution in [1.82, 2.24) is 20.4 Å². The second-order valence-corrected chi connectivity index (χ2v) is 8.61. The molecular weight excluding hydrogens is 342 g/mol. The van der Waals surface area contributed by atoms with Crippen molar-refractivity contribution in [1.29, 1.82) is 0 Å². The lowest BCUT2D eigenvalue weighted by Crippen LogP contribution is -2.47. The van der Waals surface area contributed by atoms with Crippen molar-refractivity contribution in [3.8, 4) is 0 Å². The normalized spacial score (nSPS) is 25.5. The number of aliphatic imine (C=N–C) groups is 1. The van der Waals surface area contributed by atoms with E-state index >= 15 is 0 Å². The van der Waals surface area contributed by atoms with E-state index in [0.717, 1.165) is 32.1 Å². The Morgan fingerprint density at radius 1 is 1.23 bits per heavy atom. The lowest BCUT2D eigenvalue weighted by Gasteiger charge is -2.33. The molecule has 0 bridgehead atoms. The van der Waals surface area contributed by atoms with Gasteiger partial charge in [0.1, 0.15) is 0 Å². The lowest BCUT2D eigenvalue weighted by molar-refractivity contribution is 0.169. The summed E-state index contributed by atoms with van der Waals surface area (Å²) in [6, 6.07) is 5.07. The topological polar surface area (TPSA) is 42.9 Å². The van der Waals surface area contributed by atoms with Crippen LogP contribution in [-0.2, 0) is 6.54 Å². The Balaban J connectivity index is 1.39. The van der Waals surface area contributed by atoms with Crippen molar-refractivity contribution in [3.63, 3.8) is 0 Å². The molecule has 2 N–H and O–H groups in total. The SMILES string of the molecule is CCN1CCCC1CNC(=NC)NCC1CCCN(Cc2cccs2)C1. The van der Waals surface area contributed by atoms with Gasteiger partial charge in [0, 0.05) is 44.1 Å². The molecule has 0 amide bonds. The Bertz CT molecular complexity index is 544. The highest BCUT2D eigenvalue weighted by molar-refractivity contribution is 7.09. The fourth-order valence-electron chi connectivity index (χ4n) is 4.30. The van der Waals surface area contributed by atoms with Crippen LogP contribution in [0.5, 0.6) is 0 Å². The van der Waals surface area contributed by atoms with E-state index in [1.54, 1.807) is 0 Å². The number of hydrogen-bond donors (Lipinski definition) is 2. The van der Waals surface area contributed by atoms with Gasteiger partial charge in [-0.25, -0.2) is 0 Å². The Morgan fingerprint density at radius 3 is 2.85 bits per heavy atom. The highest BCUT2D eigenvalue weighted by Crippen LogP contribution is 2.20. The summed E-state index contributed by atoms with van der Waals surface area (Å²) >= 11 is 1.87. The minimum atomic E-state index is 0.662. The molecule has 2 unspecified atom stereocenters. The van der Waals surface area contributed by atoms with Crippen LogP contribution in [0.4, 0.5) is 0 Å². The second-order valence-electron chi connectivity index (χ2n) is 7.58. The predicted molar refractivity (Wildman–Crippen MR) is 112 cm³/mol. The van der Waals surface area contributed by atoms with Crippen LogP contribution >= 0.6 is 11.3 Å². The molecule has 2 aliphatic rings. The highest BCUT2D eigenvalue weighted by atomic mass is 32.1. The molecule has 0 aliphatic carbocycles. The van der Waals surface area contributed by atoms with E-state index in [9.17, 15) is 0 Å². The molecule has 3 rings (SSSR count). The number of piperidine rings is 1.